The van der Waals surface area contributed by atoms with Crippen LogP contribution in [0.3, 0.4) is 0 Å². The van der Waals surface area contributed by atoms with Crippen molar-refractivity contribution in [2.45, 2.75) is 72.8 Å². The fourth-order valence-electron chi connectivity index (χ4n) is 2.80. The van der Waals surface area contributed by atoms with Gasteiger partial charge in [0.2, 0.25) is 0 Å². The Hall–Kier alpha value is -1.55. The monoisotopic (exact) mass is 349 g/mol. The van der Waals surface area contributed by atoms with Crippen LogP contribution in [0.4, 0.5) is 5.69 Å². The molecule has 1 amide bonds. The Bertz CT molecular complexity index is 542. The first kappa shape index (κ1) is 21.5. The maximum Gasteiger partial charge on any atom is 0.256 e. The third-order valence-corrected chi connectivity index (χ3v) is 4.09. The Labute approximate surface area is 153 Å². The van der Waals surface area contributed by atoms with Gasteiger partial charge in [0.15, 0.2) is 0 Å². The van der Waals surface area contributed by atoms with Gasteiger partial charge in [-0.1, -0.05) is 34.1 Å². The molecule has 0 aromatic heterocycles. The van der Waals surface area contributed by atoms with Gasteiger partial charge in [-0.25, -0.2) is 0 Å². The highest BCUT2D eigenvalue weighted by atomic mass is 16.5. The van der Waals surface area contributed by atoms with E-state index in [0.717, 1.165) is 42.9 Å². The summed E-state index contributed by atoms with van der Waals surface area (Å²) in [6, 6.07) is 5.77. The smallest absolute Gasteiger partial charge is 0.256 e. The van der Waals surface area contributed by atoms with Crippen molar-refractivity contribution < 1.29 is 14.3 Å². The number of amides is 1. The minimum Gasteiger partial charge on any atom is -0.493 e. The fraction of sp³-hybridized carbons (Fsp3) is 0.667. The summed E-state index contributed by atoms with van der Waals surface area (Å²) >= 11 is 0. The van der Waals surface area contributed by atoms with Gasteiger partial charge in [-0.15, -0.1) is 0 Å². The van der Waals surface area contributed by atoms with Gasteiger partial charge in [0.05, 0.1) is 6.61 Å². The number of carbonyl (C=O) groups excluding carboxylic acids is 1. The Kier molecular flexibility index (Phi) is 8.98. The summed E-state index contributed by atoms with van der Waals surface area (Å²) in [6.45, 7) is 13.6. The largest absolute Gasteiger partial charge is 0.493 e. The maximum atomic E-state index is 12.8. The number of nitrogens with one attached hydrogen (secondary N) is 1. The average molecular weight is 350 g/mol. The van der Waals surface area contributed by atoms with Crippen LogP contribution in [0.2, 0.25) is 0 Å². The number of anilines is 1. The number of aryl methyl sites for hydroxylation is 1. The van der Waals surface area contributed by atoms with E-state index in [2.05, 4.69) is 26.1 Å². The molecule has 1 unspecified atom stereocenters. The van der Waals surface area contributed by atoms with Gasteiger partial charge in [0.1, 0.15) is 11.4 Å². The highest BCUT2D eigenvalue weighted by Gasteiger charge is 2.35. The molecule has 0 aliphatic heterocycles. The SMILES string of the molecule is CCCCOc1ccc(NC(=O)C(C)(CC(C)C)OCCC)cc1C. The van der Waals surface area contributed by atoms with Crippen LogP contribution >= 0.6 is 0 Å². The van der Waals surface area contributed by atoms with Crippen molar-refractivity contribution in [2.75, 3.05) is 18.5 Å². The van der Waals surface area contributed by atoms with Gasteiger partial charge in [-0.05, 0) is 62.8 Å². The van der Waals surface area contributed by atoms with E-state index in [1.807, 2.05) is 39.0 Å². The van der Waals surface area contributed by atoms with Crippen molar-refractivity contribution in [1.82, 2.24) is 0 Å². The summed E-state index contributed by atoms with van der Waals surface area (Å²) in [7, 11) is 0. The molecule has 0 aliphatic carbocycles. The van der Waals surface area contributed by atoms with Gasteiger partial charge in [-0.3, -0.25) is 4.79 Å². The minimum atomic E-state index is -0.811. The van der Waals surface area contributed by atoms with Crippen LogP contribution in [0.1, 0.15) is 65.9 Å². The molecule has 25 heavy (non-hydrogen) atoms. The first-order chi connectivity index (χ1) is 11.8. The lowest BCUT2D eigenvalue weighted by molar-refractivity contribution is -0.141. The lowest BCUT2D eigenvalue weighted by Crippen LogP contribution is -2.44. The standard InChI is InChI=1S/C21H35NO3/c1-7-9-13-24-19-11-10-18(14-17(19)5)22-20(23)21(6,15-16(3)4)25-12-8-2/h10-11,14,16H,7-9,12-13,15H2,1-6H3,(H,22,23). The lowest BCUT2D eigenvalue weighted by atomic mass is 9.93. The van der Waals surface area contributed by atoms with E-state index in [4.69, 9.17) is 9.47 Å². The van der Waals surface area contributed by atoms with Gasteiger partial charge in [0.25, 0.3) is 5.91 Å². The van der Waals surface area contributed by atoms with Crippen LogP contribution in [-0.4, -0.2) is 24.7 Å². The molecule has 0 saturated carbocycles. The van der Waals surface area contributed by atoms with E-state index in [9.17, 15) is 4.79 Å². The predicted octanol–water partition coefficient (Wildman–Crippen LogP) is 5.34. The van der Waals surface area contributed by atoms with Crippen molar-refractivity contribution in [2.24, 2.45) is 5.92 Å². The van der Waals surface area contributed by atoms with Crippen molar-refractivity contribution in [3.8, 4) is 5.75 Å². The number of benzene rings is 1. The molecule has 142 valence electrons. The fourth-order valence-corrected chi connectivity index (χ4v) is 2.80. The molecule has 0 saturated heterocycles. The molecular formula is C21H35NO3. The van der Waals surface area contributed by atoms with Gasteiger partial charge in [-0.2, -0.15) is 0 Å². The zero-order valence-electron chi connectivity index (χ0n) is 16.8. The van der Waals surface area contributed by atoms with E-state index < -0.39 is 5.60 Å². The number of rotatable bonds is 11. The second-order valence-electron chi connectivity index (χ2n) is 7.31. The summed E-state index contributed by atoms with van der Waals surface area (Å²) in [5, 5.41) is 3.01. The normalized spacial score (nSPS) is 13.6. The van der Waals surface area contributed by atoms with Crippen LogP contribution in [0.5, 0.6) is 5.75 Å². The third kappa shape index (κ3) is 7.07. The van der Waals surface area contributed by atoms with Crippen LogP contribution in [-0.2, 0) is 9.53 Å². The highest BCUT2D eigenvalue weighted by Crippen LogP contribution is 2.26. The topological polar surface area (TPSA) is 47.6 Å². The number of carbonyl (C=O) groups is 1. The molecule has 1 atom stereocenters. The summed E-state index contributed by atoms with van der Waals surface area (Å²) < 4.78 is 11.7. The van der Waals surface area contributed by atoms with Gasteiger partial charge in [0, 0.05) is 12.3 Å². The second kappa shape index (κ2) is 10.4. The molecule has 0 fully saturated rings. The lowest BCUT2D eigenvalue weighted by Gasteiger charge is -2.30. The van der Waals surface area contributed by atoms with Crippen molar-refractivity contribution >= 4 is 11.6 Å². The quantitative estimate of drug-likeness (QED) is 0.548. The molecule has 0 heterocycles. The summed E-state index contributed by atoms with van der Waals surface area (Å²) in [5.74, 6) is 1.16. The predicted molar refractivity (Wildman–Crippen MR) is 104 cm³/mol. The van der Waals surface area contributed by atoms with Crippen molar-refractivity contribution in [3.63, 3.8) is 0 Å². The summed E-state index contributed by atoms with van der Waals surface area (Å²) in [5.41, 5.74) is 0.989. The zero-order chi connectivity index (χ0) is 18.9. The van der Waals surface area contributed by atoms with E-state index in [0.29, 0.717) is 18.9 Å². The Morgan fingerprint density at radius 2 is 1.92 bits per heavy atom. The molecule has 4 heteroatoms. The number of hydrogen-bond donors (Lipinski definition) is 1. The van der Waals surface area contributed by atoms with Crippen LogP contribution in [0.15, 0.2) is 18.2 Å². The maximum absolute atomic E-state index is 12.8. The average Bonchev–Trinajstić information content (AvgIpc) is 2.54. The first-order valence-electron chi connectivity index (χ1n) is 9.51. The molecule has 0 bridgehead atoms. The van der Waals surface area contributed by atoms with Crippen molar-refractivity contribution in [1.29, 1.82) is 0 Å². The molecule has 1 N–H and O–H groups in total. The highest BCUT2D eigenvalue weighted by molar-refractivity contribution is 5.97. The summed E-state index contributed by atoms with van der Waals surface area (Å²) in [6.07, 6.45) is 3.74. The Balaban J connectivity index is 2.80. The summed E-state index contributed by atoms with van der Waals surface area (Å²) in [4.78, 5) is 12.8. The number of hydrogen-bond acceptors (Lipinski definition) is 3. The van der Waals surface area contributed by atoms with Crippen molar-refractivity contribution in [3.05, 3.63) is 23.8 Å². The molecule has 0 aliphatic rings. The van der Waals surface area contributed by atoms with E-state index >= 15 is 0 Å². The minimum absolute atomic E-state index is 0.0892. The first-order valence-corrected chi connectivity index (χ1v) is 9.51. The van der Waals surface area contributed by atoms with Crippen LogP contribution in [0.25, 0.3) is 0 Å². The molecular weight excluding hydrogens is 314 g/mol. The van der Waals surface area contributed by atoms with Crippen LogP contribution in [0, 0.1) is 12.8 Å². The molecule has 1 rings (SSSR count). The Morgan fingerprint density at radius 3 is 2.48 bits per heavy atom. The second-order valence-corrected chi connectivity index (χ2v) is 7.31. The molecule has 0 spiro atoms. The molecule has 1 aromatic rings. The third-order valence-electron chi connectivity index (χ3n) is 4.09. The van der Waals surface area contributed by atoms with E-state index in [1.165, 1.54) is 0 Å². The van der Waals surface area contributed by atoms with Gasteiger partial charge >= 0.3 is 0 Å². The zero-order valence-corrected chi connectivity index (χ0v) is 16.8. The van der Waals surface area contributed by atoms with Gasteiger partial charge < -0.3 is 14.8 Å². The van der Waals surface area contributed by atoms with E-state index in [-0.39, 0.29) is 5.91 Å². The number of ether oxygens (including phenoxy) is 2. The van der Waals surface area contributed by atoms with Crippen LogP contribution < -0.4 is 10.1 Å². The number of unbranched alkanes of at least 4 members (excludes halogenated alkanes) is 1. The Morgan fingerprint density at radius 1 is 1.20 bits per heavy atom. The molecule has 4 nitrogen and oxygen atoms in total. The van der Waals surface area contributed by atoms with E-state index in [1.54, 1.807) is 0 Å². The molecule has 0 radical (unpaired) electrons. The molecule has 1 aromatic carbocycles.